The van der Waals surface area contributed by atoms with Gasteiger partial charge >= 0.3 is 0 Å². The molecule has 0 radical (unpaired) electrons. The molecule has 0 saturated carbocycles. The third-order valence-corrected chi connectivity index (χ3v) is 3.03. The smallest absolute Gasteiger partial charge is 0.255 e. The van der Waals surface area contributed by atoms with E-state index in [1.54, 1.807) is 35.3 Å². The van der Waals surface area contributed by atoms with Crippen LogP contribution in [-0.2, 0) is 0 Å². The second-order valence-electron chi connectivity index (χ2n) is 4.64. The summed E-state index contributed by atoms with van der Waals surface area (Å²) in [5.41, 5.74) is 3.02. The molecule has 3 aromatic rings. The van der Waals surface area contributed by atoms with Crippen LogP contribution in [0.3, 0.4) is 0 Å². The molecule has 0 unspecified atom stereocenters. The molecule has 2 aromatic heterocycles. The van der Waals surface area contributed by atoms with Gasteiger partial charge in [-0.1, -0.05) is 6.07 Å². The minimum Gasteiger partial charge on any atom is -0.322 e. The number of hydrogen-bond acceptors (Lipinski definition) is 3. The molecule has 0 aliphatic carbocycles. The number of carbonyl (C=O) groups excluding carboxylic acids is 1. The van der Waals surface area contributed by atoms with Crippen molar-refractivity contribution in [1.29, 1.82) is 0 Å². The number of nitrogens with zero attached hydrogens (tertiary/aromatic N) is 3. The van der Waals surface area contributed by atoms with Crippen molar-refractivity contribution in [2.75, 3.05) is 5.32 Å². The molecule has 21 heavy (non-hydrogen) atoms. The van der Waals surface area contributed by atoms with E-state index >= 15 is 0 Å². The maximum Gasteiger partial charge on any atom is 0.255 e. The normalized spacial score (nSPS) is 10.3. The van der Waals surface area contributed by atoms with Crippen LogP contribution in [-0.4, -0.2) is 20.7 Å². The Morgan fingerprint density at radius 1 is 1.14 bits per heavy atom. The van der Waals surface area contributed by atoms with E-state index in [4.69, 9.17) is 0 Å². The largest absolute Gasteiger partial charge is 0.322 e. The molecule has 1 N–H and O–H groups in total. The highest BCUT2D eigenvalue weighted by Crippen LogP contribution is 2.13. The van der Waals surface area contributed by atoms with Crippen LogP contribution in [0.4, 0.5) is 5.69 Å². The summed E-state index contributed by atoms with van der Waals surface area (Å²) in [5, 5.41) is 7.02. The second kappa shape index (κ2) is 5.58. The van der Waals surface area contributed by atoms with Gasteiger partial charge in [0.25, 0.3) is 5.91 Å². The predicted molar refractivity (Wildman–Crippen MR) is 80.5 cm³/mol. The summed E-state index contributed by atoms with van der Waals surface area (Å²) in [6.07, 6.45) is 5.21. The highest BCUT2D eigenvalue weighted by atomic mass is 16.1. The Balaban J connectivity index is 1.83. The summed E-state index contributed by atoms with van der Waals surface area (Å²) < 4.78 is 1.72. The van der Waals surface area contributed by atoms with Crippen LogP contribution in [0.25, 0.3) is 5.69 Å². The highest BCUT2D eigenvalue weighted by Gasteiger charge is 2.08. The summed E-state index contributed by atoms with van der Waals surface area (Å²) in [5.74, 6) is -0.158. The van der Waals surface area contributed by atoms with Crippen molar-refractivity contribution in [3.8, 4) is 5.69 Å². The lowest BCUT2D eigenvalue weighted by atomic mass is 10.2. The summed E-state index contributed by atoms with van der Waals surface area (Å²) in [4.78, 5) is 16.4. The van der Waals surface area contributed by atoms with E-state index in [-0.39, 0.29) is 5.91 Å². The van der Waals surface area contributed by atoms with Gasteiger partial charge in [-0.05, 0) is 43.3 Å². The number of pyridine rings is 1. The van der Waals surface area contributed by atoms with Gasteiger partial charge in [-0.25, -0.2) is 4.68 Å². The van der Waals surface area contributed by atoms with Crippen LogP contribution in [0.15, 0.2) is 61.1 Å². The van der Waals surface area contributed by atoms with E-state index in [9.17, 15) is 4.79 Å². The minimum atomic E-state index is -0.158. The molecule has 3 rings (SSSR count). The van der Waals surface area contributed by atoms with Gasteiger partial charge < -0.3 is 5.32 Å². The molecule has 0 aliphatic rings. The van der Waals surface area contributed by atoms with Crippen LogP contribution in [0.5, 0.6) is 0 Å². The molecular formula is C16H14N4O. The Bertz CT molecular complexity index is 765. The van der Waals surface area contributed by atoms with Gasteiger partial charge in [0.2, 0.25) is 0 Å². The van der Waals surface area contributed by atoms with Gasteiger partial charge in [-0.2, -0.15) is 5.10 Å². The van der Waals surface area contributed by atoms with E-state index in [0.29, 0.717) is 5.56 Å². The lowest BCUT2D eigenvalue weighted by Gasteiger charge is -2.07. The Labute approximate surface area is 122 Å². The SMILES string of the molecule is Cc1cc(NC(=O)c2cccc(-n3cccn3)c2)ccn1. The molecule has 0 atom stereocenters. The van der Waals surface area contributed by atoms with Crippen molar-refractivity contribution in [2.24, 2.45) is 0 Å². The number of benzene rings is 1. The van der Waals surface area contributed by atoms with Crippen molar-refractivity contribution >= 4 is 11.6 Å². The molecule has 0 saturated heterocycles. The number of carbonyl (C=O) groups is 1. The van der Waals surface area contributed by atoms with Crippen molar-refractivity contribution in [3.05, 3.63) is 72.3 Å². The summed E-state index contributed by atoms with van der Waals surface area (Å²) in [6, 6.07) is 12.8. The molecule has 1 amide bonds. The first-order chi connectivity index (χ1) is 10.2. The number of aryl methyl sites for hydroxylation is 1. The zero-order chi connectivity index (χ0) is 14.7. The summed E-state index contributed by atoms with van der Waals surface area (Å²) >= 11 is 0. The molecule has 0 bridgehead atoms. The van der Waals surface area contributed by atoms with Gasteiger partial charge in [0, 0.05) is 35.5 Å². The topological polar surface area (TPSA) is 59.8 Å². The van der Waals surface area contributed by atoms with E-state index in [2.05, 4.69) is 15.4 Å². The monoisotopic (exact) mass is 278 g/mol. The van der Waals surface area contributed by atoms with Crippen LogP contribution in [0.1, 0.15) is 16.1 Å². The van der Waals surface area contributed by atoms with Crippen molar-refractivity contribution in [3.63, 3.8) is 0 Å². The van der Waals surface area contributed by atoms with Gasteiger partial charge in [0.05, 0.1) is 5.69 Å². The maximum atomic E-state index is 12.3. The first-order valence-corrected chi connectivity index (χ1v) is 6.56. The molecule has 5 nitrogen and oxygen atoms in total. The predicted octanol–water partition coefficient (Wildman–Crippen LogP) is 2.83. The maximum absolute atomic E-state index is 12.3. The molecule has 0 aliphatic heterocycles. The molecule has 2 heterocycles. The quantitative estimate of drug-likeness (QED) is 0.801. The Hall–Kier alpha value is -2.95. The Morgan fingerprint density at radius 3 is 2.81 bits per heavy atom. The third kappa shape index (κ3) is 2.97. The summed E-state index contributed by atoms with van der Waals surface area (Å²) in [6.45, 7) is 1.88. The van der Waals surface area contributed by atoms with Gasteiger partial charge in [-0.3, -0.25) is 9.78 Å². The highest BCUT2D eigenvalue weighted by molar-refractivity contribution is 6.04. The van der Waals surface area contributed by atoms with E-state index in [1.165, 1.54) is 0 Å². The lowest BCUT2D eigenvalue weighted by molar-refractivity contribution is 0.102. The summed E-state index contributed by atoms with van der Waals surface area (Å²) in [7, 11) is 0. The third-order valence-electron chi connectivity index (χ3n) is 3.03. The van der Waals surface area contributed by atoms with Gasteiger partial charge in [-0.15, -0.1) is 0 Å². The standard InChI is InChI=1S/C16H14N4O/c1-12-10-14(6-8-17-12)19-16(21)13-4-2-5-15(11-13)20-9-3-7-18-20/h2-11H,1H3,(H,17,19,21). The molecule has 104 valence electrons. The number of rotatable bonds is 3. The number of aromatic nitrogens is 3. The Morgan fingerprint density at radius 2 is 2.05 bits per heavy atom. The number of amides is 1. The van der Waals surface area contributed by atoms with E-state index in [0.717, 1.165) is 17.1 Å². The van der Waals surface area contributed by atoms with Crippen molar-refractivity contribution < 1.29 is 4.79 Å². The van der Waals surface area contributed by atoms with Crippen molar-refractivity contribution in [2.45, 2.75) is 6.92 Å². The molecule has 1 aromatic carbocycles. The Kier molecular flexibility index (Phi) is 3.47. The lowest BCUT2D eigenvalue weighted by Crippen LogP contribution is -2.12. The second-order valence-corrected chi connectivity index (χ2v) is 4.64. The van der Waals surface area contributed by atoms with Crippen LogP contribution in [0, 0.1) is 6.92 Å². The van der Waals surface area contributed by atoms with Crippen LogP contribution in [0.2, 0.25) is 0 Å². The number of nitrogens with one attached hydrogen (secondary N) is 1. The zero-order valence-electron chi connectivity index (χ0n) is 11.5. The van der Waals surface area contributed by atoms with Gasteiger partial charge in [0.1, 0.15) is 0 Å². The fourth-order valence-electron chi connectivity index (χ4n) is 2.04. The van der Waals surface area contributed by atoms with Crippen LogP contribution < -0.4 is 5.32 Å². The van der Waals surface area contributed by atoms with Crippen LogP contribution >= 0.6 is 0 Å². The fraction of sp³-hybridized carbons (Fsp3) is 0.0625. The number of anilines is 1. The molecule has 5 heteroatoms. The van der Waals surface area contributed by atoms with E-state index in [1.807, 2.05) is 37.4 Å². The first kappa shape index (κ1) is 13.1. The minimum absolute atomic E-state index is 0.158. The molecular weight excluding hydrogens is 264 g/mol. The van der Waals surface area contributed by atoms with E-state index < -0.39 is 0 Å². The molecule has 0 spiro atoms. The molecule has 0 fully saturated rings. The zero-order valence-corrected chi connectivity index (χ0v) is 11.5. The average Bonchev–Trinajstić information content (AvgIpc) is 3.02. The fourth-order valence-corrected chi connectivity index (χ4v) is 2.04. The first-order valence-electron chi connectivity index (χ1n) is 6.56. The van der Waals surface area contributed by atoms with Crippen molar-refractivity contribution in [1.82, 2.24) is 14.8 Å². The van der Waals surface area contributed by atoms with Gasteiger partial charge in [0.15, 0.2) is 0 Å². The number of hydrogen-bond donors (Lipinski definition) is 1. The average molecular weight is 278 g/mol.